The van der Waals surface area contributed by atoms with Crippen LogP contribution in [0.25, 0.3) is 11.3 Å². The van der Waals surface area contributed by atoms with Crippen molar-refractivity contribution in [3.8, 4) is 11.3 Å². The van der Waals surface area contributed by atoms with Gasteiger partial charge in [-0.3, -0.25) is 4.79 Å². The summed E-state index contributed by atoms with van der Waals surface area (Å²) in [5.41, 5.74) is 2.69. The van der Waals surface area contributed by atoms with Gasteiger partial charge in [0.15, 0.2) is 11.5 Å². The highest BCUT2D eigenvalue weighted by Gasteiger charge is 2.28. The van der Waals surface area contributed by atoms with Crippen molar-refractivity contribution in [3.05, 3.63) is 47.0 Å². The lowest BCUT2D eigenvalue weighted by molar-refractivity contribution is 0.0945. The molecule has 1 aliphatic rings. The van der Waals surface area contributed by atoms with Crippen LogP contribution in [0.4, 0.5) is 0 Å². The zero-order valence-corrected chi connectivity index (χ0v) is 14.7. The van der Waals surface area contributed by atoms with Gasteiger partial charge in [-0.1, -0.05) is 10.3 Å². The molecular weight excluding hydrogens is 334 g/mol. The highest BCUT2D eigenvalue weighted by molar-refractivity contribution is 5.92. The molecule has 1 fully saturated rings. The van der Waals surface area contributed by atoms with Crippen molar-refractivity contribution in [1.82, 2.24) is 25.6 Å². The number of amides is 1. The lowest BCUT2D eigenvalue weighted by atomic mass is 10.1. The molecule has 0 spiro atoms. The number of carbonyl (C=O) groups is 1. The maximum atomic E-state index is 12.2. The molecule has 26 heavy (non-hydrogen) atoms. The first-order valence-electron chi connectivity index (χ1n) is 8.61. The standard InChI is InChI=1S/C18H19N5O3/c1-10-7-17(26-22-10)13-9-20-11(2)21-14(13)5-6-19-18(24)15-8-16(25-23-15)12-3-4-12/h7-9,12H,3-6H2,1-2H3,(H,19,24). The summed E-state index contributed by atoms with van der Waals surface area (Å²) >= 11 is 0. The molecule has 0 aliphatic heterocycles. The van der Waals surface area contributed by atoms with Crippen molar-refractivity contribution < 1.29 is 13.8 Å². The molecule has 134 valence electrons. The average Bonchev–Trinajstić information content (AvgIpc) is 3.19. The van der Waals surface area contributed by atoms with Crippen LogP contribution in [0, 0.1) is 13.8 Å². The fraction of sp³-hybridized carbons (Fsp3) is 0.389. The molecule has 1 aliphatic carbocycles. The molecule has 0 radical (unpaired) electrons. The second-order valence-electron chi connectivity index (χ2n) is 6.50. The van der Waals surface area contributed by atoms with E-state index in [9.17, 15) is 4.79 Å². The summed E-state index contributed by atoms with van der Waals surface area (Å²) in [5.74, 6) is 2.26. The molecule has 0 unspecified atom stereocenters. The van der Waals surface area contributed by atoms with E-state index < -0.39 is 0 Å². The van der Waals surface area contributed by atoms with Crippen molar-refractivity contribution in [2.75, 3.05) is 6.54 Å². The van der Waals surface area contributed by atoms with Gasteiger partial charge >= 0.3 is 0 Å². The van der Waals surface area contributed by atoms with Crippen LogP contribution in [0.15, 0.2) is 27.4 Å². The Kier molecular flexibility index (Phi) is 4.24. The van der Waals surface area contributed by atoms with Crippen LogP contribution >= 0.6 is 0 Å². The molecule has 1 saturated carbocycles. The van der Waals surface area contributed by atoms with E-state index in [2.05, 4.69) is 25.6 Å². The minimum absolute atomic E-state index is 0.247. The van der Waals surface area contributed by atoms with Crippen molar-refractivity contribution in [2.24, 2.45) is 0 Å². The summed E-state index contributed by atoms with van der Waals surface area (Å²) < 4.78 is 10.5. The van der Waals surface area contributed by atoms with Gasteiger partial charge in [0.1, 0.15) is 11.6 Å². The van der Waals surface area contributed by atoms with E-state index in [1.54, 1.807) is 12.3 Å². The Bertz CT molecular complexity index is 942. The van der Waals surface area contributed by atoms with Gasteiger partial charge in [0.2, 0.25) is 0 Å². The number of rotatable bonds is 6. The number of nitrogens with zero attached hydrogens (tertiary/aromatic N) is 4. The molecule has 8 nitrogen and oxygen atoms in total. The molecule has 0 bridgehead atoms. The van der Waals surface area contributed by atoms with Crippen LogP contribution in [0.3, 0.4) is 0 Å². The highest BCUT2D eigenvalue weighted by Crippen LogP contribution is 2.40. The van der Waals surface area contributed by atoms with Crippen LogP contribution < -0.4 is 5.32 Å². The van der Waals surface area contributed by atoms with Gasteiger partial charge in [-0.05, 0) is 26.7 Å². The van der Waals surface area contributed by atoms with Crippen LogP contribution in [-0.4, -0.2) is 32.7 Å². The highest BCUT2D eigenvalue weighted by atomic mass is 16.5. The summed E-state index contributed by atoms with van der Waals surface area (Å²) in [5, 5.41) is 10.6. The van der Waals surface area contributed by atoms with E-state index >= 15 is 0 Å². The largest absolute Gasteiger partial charge is 0.360 e. The molecular formula is C18H19N5O3. The summed E-state index contributed by atoms with van der Waals surface area (Å²) in [6, 6.07) is 3.56. The second-order valence-corrected chi connectivity index (χ2v) is 6.50. The Hall–Kier alpha value is -3.03. The molecule has 0 atom stereocenters. The molecule has 1 amide bonds. The summed E-state index contributed by atoms with van der Waals surface area (Å²) in [6.45, 7) is 4.10. The average molecular weight is 353 g/mol. The number of carbonyl (C=O) groups excluding carboxylic acids is 1. The Labute approximate surface area is 150 Å². The summed E-state index contributed by atoms with van der Waals surface area (Å²) in [4.78, 5) is 20.9. The summed E-state index contributed by atoms with van der Waals surface area (Å²) in [7, 11) is 0. The Morgan fingerprint density at radius 1 is 1.23 bits per heavy atom. The smallest absolute Gasteiger partial charge is 0.273 e. The van der Waals surface area contributed by atoms with Crippen molar-refractivity contribution in [1.29, 1.82) is 0 Å². The molecule has 4 rings (SSSR count). The van der Waals surface area contributed by atoms with E-state index in [0.29, 0.717) is 36.2 Å². The summed E-state index contributed by atoms with van der Waals surface area (Å²) in [6.07, 6.45) is 4.47. The van der Waals surface area contributed by atoms with Crippen molar-refractivity contribution in [2.45, 2.75) is 39.0 Å². The fourth-order valence-electron chi connectivity index (χ4n) is 2.75. The van der Waals surface area contributed by atoms with Gasteiger partial charge in [0, 0.05) is 37.2 Å². The minimum atomic E-state index is -0.247. The second kappa shape index (κ2) is 6.70. The zero-order valence-electron chi connectivity index (χ0n) is 14.7. The Morgan fingerprint density at radius 2 is 2.08 bits per heavy atom. The predicted octanol–water partition coefficient (Wildman–Crippen LogP) is 2.59. The fourth-order valence-corrected chi connectivity index (χ4v) is 2.75. The van der Waals surface area contributed by atoms with Crippen LogP contribution in [0.5, 0.6) is 0 Å². The predicted molar refractivity (Wildman–Crippen MR) is 91.5 cm³/mol. The third kappa shape index (κ3) is 3.49. The molecule has 0 saturated heterocycles. The molecule has 3 aromatic rings. The Balaban J connectivity index is 1.42. The van der Waals surface area contributed by atoms with Crippen molar-refractivity contribution >= 4 is 5.91 Å². The van der Waals surface area contributed by atoms with E-state index in [1.165, 1.54) is 0 Å². The van der Waals surface area contributed by atoms with Gasteiger partial charge in [-0.15, -0.1) is 0 Å². The SMILES string of the molecule is Cc1cc(-c2cnc(C)nc2CCNC(=O)c2cc(C3CC3)on2)on1. The topological polar surface area (TPSA) is 107 Å². The molecule has 8 heteroatoms. The first-order valence-corrected chi connectivity index (χ1v) is 8.61. The van der Waals surface area contributed by atoms with Crippen LogP contribution in [-0.2, 0) is 6.42 Å². The minimum Gasteiger partial charge on any atom is -0.360 e. The Morgan fingerprint density at radius 3 is 2.81 bits per heavy atom. The maximum Gasteiger partial charge on any atom is 0.273 e. The van der Waals surface area contributed by atoms with Crippen LogP contribution in [0.2, 0.25) is 0 Å². The van der Waals surface area contributed by atoms with Gasteiger partial charge in [0.05, 0.1) is 17.0 Å². The normalized spacial score (nSPS) is 13.8. The van der Waals surface area contributed by atoms with E-state index in [1.807, 2.05) is 19.9 Å². The van der Waals surface area contributed by atoms with Crippen LogP contribution in [0.1, 0.15) is 52.2 Å². The zero-order chi connectivity index (χ0) is 18.1. The number of nitrogens with one attached hydrogen (secondary N) is 1. The number of hydrogen-bond donors (Lipinski definition) is 1. The molecule has 0 aromatic carbocycles. The monoisotopic (exact) mass is 353 g/mol. The van der Waals surface area contributed by atoms with Gasteiger partial charge in [-0.25, -0.2) is 9.97 Å². The van der Waals surface area contributed by atoms with E-state index in [0.717, 1.165) is 35.6 Å². The van der Waals surface area contributed by atoms with Gasteiger partial charge < -0.3 is 14.4 Å². The third-order valence-corrected chi connectivity index (χ3v) is 4.27. The third-order valence-electron chi connectivity index (χ3n) is 4.27. The number of aromatic nitrogens is 4. The molecule has 1 N–H and O–H groups in total. The first-order chi connectivity index (χ1) is 12.6. The van der Waals surface area contributed by atoms with E-state index in [-0.39, 0.29) is 5.91 Å². The lowest BCUT2D eigenvalue weighted by Gasteiger charge is -2.07. The maximum absolute atomic E-state index is 12.2. The molecule has 3 heterocycles. The quantitative estimate of drug-likeness (QED) is 0.725. The lowest BCUT2D eigenvalue weighted by Crippen LogP contribution is -2.26. The number of aryl methyl sites for hydroxylation is 2. The van der Waals surface area contributed by atoms with E-state index in [4.69, 9.17) is 9.05 Å². The number of hydrogen-bond acceptors (Lipinski definition) is 7. The van der Waals surface area contributed by atoms with Gasteiger partial charge in [0.25, 0.3) is 5.91 Å². The van der Waals surface area contributed by atoms with Gasteiger partial charge in [-0.2, -0.15) is 0 Å². The molecule has 3 aromatic heterocycles. The van der Waals surface area contributed by atoms with Crippen molar-refractivity contribution in [3.63, 3.8) is 0 Å². The first kappa shape index (κ1) is 16.4.